The summed E-state index contributed by atoms with van der Waals surface area (Å²) in [6.07, 6.45) is 2.97. The SMILES string of the molecule is COc1ccc(NC(=O)[C@@H]2CCCN(c3ncnc4onc(-c5ccc(F)cc5)c34)C2)cc1Cl. The first-order chi connectivity index (χ1) is 16.5. The van der Waals surface area contributed by atoms with Crippen LogP contribution >= 0.6 is 11.6 Å². The van der Waals surface area contributed by atoms with Crippen LogP contribution in [0.25, 0.3) is 22.4 Å². The van der Waals surface area contributed by atoms with Gasteiger partial charge in [0.05, 0.1) is 18.1 Å². The van der Waals surface area contributed by atoms with Crippen LogP contribution in [0.4, 0.5) is 15.9 Å². The number of anilines is 2. The van der Waals surface area contributed by atoms with Gasteiger partial charge in [0.1, 0.15) is 34.8 Å². The molecule has 5 rings (SSSR count). The smallest absolute Gasteiger partial charge is 0.263 e. The molecule has 1 saturated heterocycles. The molecule has 1 N–H and O–H groups in total. The lowest BCUT2D eigenvalue weighted by atomic mass is 9.96. The molecule has 0 unspecified atom stereocenters. The molecule has 174 valence electrons. The van der Waals surface area contributed by atoms with Crippen molar-refractivity contribution >= 4 is 40.1 Å². The van der Waals surface area contributed by atoms with Crippen LogP contribution in [0.2, 0.25) is 5.02 Å². The third-order valence-electron chi connectivity index (χ3n) is 5.88. The van der Waals surface area contributed by atoms with Crippen LogP contribution < -0.4 is 15.0 Å². The van der Waals surface area contributed by atoms with E-state index in [0.717, 1.165) is 19.4 Å². The summed E-state index contributed by atoms with van der Waals surface area (Å²) >= 11 is 6.19. The van der Waals surface area contributed by atoms with Gasteiger partial charge in [-0.1, -0.05) is 16.8 Å². The number of hydrogen-bond acceptors (Lipinski definition) is 7. The summed E-state index contributed by atoms with van der Waals surface area (Å²) in [5.74, 6) is 0.489. The normalized spacial score (nSPS) is 16.0. The Labute approximate surface area is 199 Å². The first-order valence-electron chi connectivity index (χ1n) is 10.8. The summed E-state index contributed by atoms with van der Waals surface area (Å²) in [7, 11) is 1.54. The molecular weight excluding hydrogens is 461 g/mol. The molecule has 0 saturated carbocycles. The van der Waals surface area contributed by atoms with Crippen LogP contribution in [0.5, 0.6) is 5.75 Å². The molecule has 0 bridgehead atoms. The van der Waals surface area contributed by atoms with Crippen molar-refractivity contribution in [1.82, 2.24) is 15.1 Å². The Morgan fingerprint density at radius 1 is 1.24 bits per heavy atom. The number of hydrogen-bond donors (Lipinski definition) is 1. The molecule has 8 nitrogen and oxygen atoms in total. The number of halogens is 2. The van der Waals surface area contributed by atoms with Crippen LogP contribution in [0, 0.1) is 11.7 Å². The van der Waals surface area contributed by atoms with Crippen molar-refractivity contribution in [2.24, 2.45) is 5.92 Å². The maximum absolute atomic E-state index is 13.4. The summed E-state index contributed by atoms with van der Waals surface area (Å²) in [6, 6.07) is 11.1. The number of aromatic nitrogens is 3. The molecule has 1 atom stereocenters. The fourth-order valence-electron chi connectivity index (χ4n) is 4.19. The van der Waals surface area contributed by atoms with E-state index < -0.39 is 0 Å². The van der Waals surface area contributed by atoms with E-state index in [-0.39, 0.29) is 17.6 Å². The van der Waals surface area contributed by atoms with Gasteiger partial charge in [0.15, 0.2) is 0 Å². The maximum atomic E-state index is 13.4. The minimum atomic E-state index is -0.337. The highest BCUT2D eigenvalue weighted by molar-refractivity contribution is 6.32. The van der Waals surface area contributed by atoms with Crippen LogP contribution in [-0.4, -0.2) is 41.2 Å². The Morgan fingerprint density at radius 2 is 2.06 bits per heavy atom. The summed E-state index contributed by atoms with van der Waals surface area (Å²) in [5.41, 5.74) is 2.17. The number of rotatable bonds is 5. The Kier molecular flexibility index (Phi) is 6.02. The minimum Gasteiger partial charge on any atom is -0.495 e. The van der Waals surface area contributed by atoms with E-state index in [1.165, 1.54) is 25.6 Å². The van der Waals surface area contributed by atoms with Gasteiger partial charge in [-0.2, -0.15) is 4.98 Å². The number of amides is 1. The standard InChI is InChI=1S/C24H21ClFN5O3/c1-33-19-9-8-17(11-18(19)25)29-23(32)15-3-2-10-31(12-15)22-20-21(14-4-6-16(26)7-5-14)30-34-24(20)28-13-27-22/h4-9,11,13,15H,2-3,10,12H2,1H3,(H,29,32)/t15-/m1/s1. The number of carbonyl (C=O) groups excluding carboxylic acids is 1. The Morgan fingerprint density at radius 3 is 2.82 bits per heavy atom. The molecule has 4 aromatic rings. The van der Waals surface area contributed by atoms with Crippen molar-refractivity contribution in [2.75, 3.05) is 30.4 Å². The van der Waals surface area contributed by atoms with Gasteiger partial charge in [0, 0.05) is 24.3 Å². The molecule has 1 amide bonds. The van der Waals surface area contributed by atoms with Crippen LogP contribution in [0.3, 0.4) is 0 Å². The predicted octanol–water partition coefficient (Wildman–Crippen LogP) is 4.94. The third kappa shape index (κ3) is 4.26. The first-order valence-corrected chi connectivity index (χ1v) is 11.2. The van der Waals surface area contributed by atoms with Gasteiger partial charge in [-0.25, -0.2) is 9.37 Å². The summed E-state index contributed by atoms with van der Waals surface area (Å²) in [6.45, 7) is 1.19. The van der Waals surface area contributed by atoms with Crippen LogP contribution in [0.15, 0.2) is 53.3 Å². The number of carbonyl (C=O) groups is 1. The fraction of sp³-hybridized carbons (Fsp3) is 0.250. The molecular formula is C24H21ClFN5O3. The molecule has 2 aromatic carbocycles. The lowest BCUT2D eigenvalue weighted by molar-refractivity contribution is -0.120. The molecule has 3 heterocycles. The Bertz CT molecular complexity index is 1340. The van der Waals surface area contributed by atoms with Crippen molar-refractivity contribution in [1.29, 1.82) is 0 Å². The van der Waals surface area contributed by atoms with E-state index in [0.29, 0.717) is 51.2 Å². The number of benzene rings is 2. The molecule has 2 aromatic heterocycles. The second-order valence-corrected chi connectivity index (χ2v) is 8.45. The highest BCUT2D eigenvalue weighted by Gasteiger charge is 2.29. The second-order valence-electron chi connectivity index (χ2n) is 8.04. The number of nitrogens with zero attached hydrogens (tertiary/aromatic N) is 4. The van der Waals surface area contributed by atoms with Gasteiger partial charge in [0.25, 0.3) is 5.71 Å². The predicted molar refractivity (Wildman–Crippen MR) is 127 cm³/mol. The number of piperidine rings is 1. The molecule has 10 heteroatoms. The monoisotopic (exact) mass is 481 g/mol. The zero-order valence-electron chi connectivity index (χ0n) is 18.3. The largest absolute Gasteiger partial charge is 0.495 e. The van der Waals surface area contributed by atoms with Gasteiger partial charge in [-0.05, 0) is 55.3 Å². The van der Waals surface area contributed by atoms with Crippen molar-refractivity contribution in [3.8, 4) is 17.0 Å². The lowest BCUT2D eigenvalue weighted by Crippen LogP contribution is -2.41. The van der Waals surface area contributed by atoms with Gasteiger partial charge < -0.3 is 19.5 Å². The van der Waals surface area contributed by atoms with Gasteiger partial charge in [-0.15, -0.1) is 0 Å². The van der Waals surface area contributed by atoms with Crippen molar-refractivity contribution in [3.05, 3.63) is 59.6 Å². The van der Waals surface area contributed by atoms with Crippen molar-refractivity contribution in [3.63, 3.8) is 0 Å². The van der Waals surface area contributed by atoms with Gasteiger partial charge in [-0.3, -0.25) is 4.79 Å². The minimum absolute atomic E-state index is 0.0969. The molecule has 0 aliphatic carbocycles. The average Bonchev–Trinajstić information content (AvgIpc) is 3.29. The fourth-order valence-corrected chi connectivity index (χ4v) is 4.45. The molecule has 0 radical (unpaired) electrons. The van der Waals surface area contributed by atoms with Crippen LogP contribution in [-0.2, 0) is 4.79 Å². The molecule has 34 heavy (non-hydrogen) atoms. The molecule has 0 spiro atoms. The Hall–Kier alpha value is -3.72. The molecule has 1 fully saturated rings. The van der Waals surface area contributed by atoms with Gasteiger partial charge in [0.2, 0.25) is 5.91 Å². The van der Waals surface area contributed by atoms with Crippen LogP contribution in [0.1, 0.15) is 12.8 Å². The Balaban J connectivity index is 1.40. The lowest BCUT2D eigenvalue weighted by Gasteiger charge is -2.33. The number of methoxy groups -OCH3 is 1. The summed E-state index contributed by atoms with van der Waals surface area (Å²) < 4.78 is 24.0. The van der Waals surface area contributed by atoms with Crippen molar-refractivity contribution < 1.29 is 18.4 Å². The van der Waals surface area contributed by atoms with E-state index in [1.54, 1.807) is 30.3 Å². The second kappa shape index (κ2) is 9.26. The quantitative estimate of drug-likeness (QED) is 0.431. The summed E-state index contributed by atoms with van der Waals surface area (Å²) in [4.78, 5) is 23.8. The zero-order valence-corrected chi connectivity index (χ0v) is 19.1. The van der Waals surface area contributed by atoms with E-state index >= 15 is 0 Å². The molecule has 1 aliphatic heterocycles. The van der Waals surface area contributed by atoms with Crippen molar-refractivity contribution in [2.45, 2.75) is 12.8 Å². The summed E-state index contributed by atoms with van der Waals surface area (Å²) in [5, 5.41) is 8.16. The molecule has 1 aliphatic rings. The van der Waals surface area contributed by atoms with Gasteiger partial charge >= 0.3 is 0 Å². The zero-order chi connectivity index (χ0) is 23.7. The van der Waals surface area contributed by atoms with E-state index in [4.69, 9.17) is 20.9 Å². The highest BCUT2D eigenvalue weighted by atomic mass is 35.5. The highest BCUT2D eigenvalue weighted by Crippen LogP contribution is 2.35. The maximum Gasteiger partial charge on any atom is 0.263 e. The number of fused-ring (bicyclic) bond motifs is 1. The van der Waals surface area contributed by atoms with E-state index in [1.807, 2.05) is 4.90 Å². The number of nitrogens with one attached hydrogen (secondary N) is 1. The number of ether oxygens (including phenoxy) is 1. The first kappa shape index (κ1) is 22.1. The third-order valence-corrected chi connectivity index (χ3v) is 6.18. The average molecular weight is 482 g/mol. The van der Waals surface area contributed by atoms with E-state index in [9.17, 15) is 9.18 Å². The van der Waals surface area contributed by atoms with E-state index in [2.05, 4.69) is 20.4 Å². The topological polar surface area (TPSA) is 93.4 Å².